The Kier molecular flexibility index (Phi) is 9.78. The molecule has 4 fully saturated rings. The van der Waals surface area contributed by atoms with Crippen LogP contribution in [0.2, 0.25) is 0 Å². The number of carbonyl (C=O) groups is 5. The summed E-state index contributed by atoms with van der Waals surface area (Å²) in [7, 11) is 1.81. The zero-order chi connectivity index (χ0) is 43.9. The summed E-state index contributed by atoms with van der Waals surface area (Å²) >= 11 is 0. The van der Waals surface area contributed by atoms with E-state index < -0.39 is 29.4 Å². The number of hydrogen-bond donors (Lipinski definition) is 2. The van der Waals surface area contributed by atoms with Crippen molar-refractivity contribution in [3.63, 3.8) is 0 Å². The van der Waals surface area contributed by atoms with Crippen LogP contribution in [0.15, 0.2) is 48.7 Å². The molecule has 0 unspecified atom stereocenters. The van der Waals surface area contributed by atoms with Gasteiger partial charge in [0.1, 0.15) is 11.6 Å². The van der Waals surface area contributed by atoms with Crippen molar-refractivity contribution in [2.45, 2.75) is 52.0 Å². The number of hydrogen-bond acceptors (Lipinski definition) is 10. The number of pyridine rings is 1. The van der Waals surface area contributed by atoms with Crippen LogP contribution in [0.3, 0.4) is 0 Å². The number of rotatable bonds is 4. The summed E-state index contributed by atoms with van der Waals surface area (Å²) in [6.07, 6.45) is 3.35. The second kappa shape index (κ2) is 15.3. The smallest absolute Gasteiger partial charge is 0.258 e. The van der Waals surface area contributed by atoms with Crippen LogP contribution in [0, 0.1) is 35.8 Å². The summed E-state index contributed by atoms with van der Waals surface area (Å²) in [4.78, 5) is 79.7. The highest BCUT2D eigenvalue weighted by Crippen LogP contribution is 2.42. The number of carbonyl (C=O) groups excluding carboxylic acids is 5. The molecular weight excluding hydrogens is 815 g/mol. The molecule has 3 aromatic heterocycles. The third-order valence-corrected chi connectivity index (χ3v) is 13.1. The minimum atomic E-state index is -1.08. The zero-order valence-corrected chi connectivity index (χ0v) is 35.1. The molecule has 8 heterocycles. The van der Waals surface area contributed by atoms with Crippen LogP contribution in [0.5, 0.6) is 5.88 Å². The third kappa shape index (κ3) is 7.23. The van der Waals surface area contributed by atoms with Crippen molar-refractivity contribution in [2.24, 2.45) is 24.3 Å². The molecule has 16 nitrogen and oxygen atoms in total. The van der Waals surface area contributed by atoms with Gasteiger partial charge in [-0.25, -0.2) is 18.4 Å². The summed E-state index contributed by atoms with van der Waals surface area (Å²) < 4.78 is 40.1. The fraction of sp³-hybridized carbons (Fsp3) is 0.422. The fourth-order valence-corrected chi connectivity index (χ4v) is 9.79. The standard InChI is InChI=1S/C45H46F2N10O6/c1-24-5-4-10-63-43-31(16-48-53(43)3)35-12-27(11-25(2)49-35)39(59)52-44-50-34-8-6-26(13-36(34)57(44)17-24)41(61)55-20-45(21-55)22-56(23-45)42(62)28-18-54(19-28)29-14-32(46)38(33(47)15-29)30-7-9-37(58)51-40(30)60/h6,8,11-16,24,28,30H,4-5,7,9-10,17-23H2,1-3H3,(H,50,52,59)(H,51,58,60)/t24-,30-/m1/s1. The van der Waals surface area contributed by atoms with Crippen molar-refractivity contribution in [2.75, 3.05) is 56.1 Å². The highest BCUT2D eigenvalue weighted by Gasteiger charge is 2.56. The number of benzene rings is 2. The van der Waals surface area contributed by atoms with E-state index >= 15 is 8.78 Å². The monoisotopic (exact) mass is 860 g/mol. The van der Waals surface area contributed by atoms with Gasteiger partial charge < -0.3 is 24.0 Å². The van der Waals surface area contributed by atoms with E-state index in [1.165, 1.54) is 12.1 Å². The Labute approximate surface area is 360 Å². The number of fused-ring (bicyclic) bond motifs is 7. The number of aryl methyl sites for hydroxylation is 2. The molecule has 4 saturated heterocycles. The number of amides is 5. The molecule has 2 N–H and O–H groups in total. The lowest BCUT2D eigenvalue weighted by Gasteiger charge is -2.61. The highest BCUT2D eigenvalue weighted by atomic mass is 19.1. The maximum absolute atomic E-state index is 15.1. The first-order chi connectivity index (χ1) is 30.2. The first-order valence-corrected chi connectivity index (χ1v) is 21.3. The maximum Gasteiger partial charge on any atom is 0.258 e. The largest absolute Gasteiger partial charge is 0.477 e. The normalized spacial score (nSPS) is 21.2. The average Bonchev–Trinajstić information content (AvgIpc) is 3.72. The number of piperidine rings is 1. The Morgan fingerprint density at radius 1 is 0.905 bits per heavy atom. The third-order valence-electron chi connectivity index (χ3n) is 13.1. The molecule has 63 heavy (non-hydrogen) atoms. The number of ether oxygens (including phenoxy) is 1. The molecule has 5 aromatic rings. The SMILES string of the molecule is Cc1cc2cc(n1)-c1cnn(C)c1OCCC[C@@H](C)Cn1c(nc3ccc(C(=O)N4CC5(C4)CN(C(=O)C4CN(c6cc(F)c([C@H]7CCC(=O)NC7=O)c(F)c6)C4)C5)cc31)NC2=O. The van der Waals surface area contributed by atoms with Crippen LogP contribution in [0.1, 0.15) is 70.5 Å². The lowest BCUT2D eigenvalue weighted by molar-refractivity contribution is -0.159. The van der Waals surface area contributed by atoms with Crippen molar-refractivity contribution in [1.82, 2.24) is 39.4 Å². The van der Waals surface area contributed by atoms with Gasteiger partial charge in [-0.1, -0.05) is 6.92 Å². The Balaban J connectivity index is 0.781. The molecule has 2 bridgehead atoms. The van der Waals surface area contributed by atoms with Gasteiger partial charge in [-0.15, -0.1) is 0 Å². The quantitative estimate of drug-likeness (QED) is 0.246. The molecule has 0 saturated carbocycles. The van der Waals surface area contributed by atoms with Crippen LogP contribution in [-0.4, -0.2) is 110 Å². The summed E-state index contributed by atoms with van der Waals surface area (Å²) in [6, 6.07) is 11.2. The minimum absolute atomic E-state index is 0.00798. The van der Waals surface area contributed by atoms with Crippen molar-refractivity contribution in [3.8, 4) is 17.1 Å². The lowest BCUT2D eigenvalue weighted by atomic mass is 9.72. The van der Waals surface area contributed by atoms with Gasteiger partial charge in [0.15, 0.2) is 0 Å². The van der Waals surface area contributed by atoms with E-state index in [2.05, 4.69) is 27.6 Å². The number of halogens is 2. The molecule has 18 heteroatoms. The van der Waals surface area contributed by atoms with E-state index in [0.29, 0.717) is 104 Å². The number of imide groups is 1. The number of anilines is 2. The summed E-state index contributed by atoms with van der Waals surface area (Å²) in [5, 5.41) is 9.56. The second-order valence-corrected chi connectivity index (χ2v) is 18.0. The molecule has 5 aliphatic heterocycles. The molecule has 2 aromatic carbocycles. The molecule has 2 atom stereocenters. The van der Waals surface area contributed by atoms with E-state index in [4.69, 9.17) is 9.72 Å². The number of likely N-dealkylation sites (tertiary alicyclic amines) is 2. The van der Waals surface area contributed by atoms with E-state index in [0.717, 1.165) is 18.4 Å². The Morgan fingerprint density at radius 3 is 2.40 bits per heavy atom. The Morgan fingerprint density at radius 2 is 1.65 bits per heavy atom. The van der Waals surface area contributed by atoms with Crippen LogP contribution in [0.25, 0.3) is 22.3 Å². The van der Waals surface area contributed by atoms with Gasteiger partial charge in [-0.3, -0.25) is 39.6 Å². The van der Waals surface area contributed by atoms with Gasteiger partial charge in [-0.2, -0.15) is 5.10 Å². The number of imidazole rings is 1. The van der Waals surface area contributed by atoms with Gasteiger partial charge in [0.2, 0.25) is 29.5 Å². The van der Waals surface area contributed by atoms with Crippen molar-refractivity contribution in [1.29, 1.82) is 0 Å². The van der Waals surface area contributed by atoms with Gasteiger partial charge in [-0.05, 0) is 74.6 Å². The van der Waals surface area contributed by atoms with E-state index in [1.807, 2.05) is 24.6 Å². The average molecular weight is 861 g/mol. The molecule has 0 radical (unpaired) electrons. The molecule has 1 spiro atoms. The van der Waals surface area contributed by atoms with Crippen LogP contribution in [0.4, 0.5) is 20.4 Å². The van der Waals surface area contributed by atoms with Gasteiger partial charge in [0.05, 0.1) is 46.9 Å². The topological polar surface area (TPSA) is 177 Å². The number of nitrogens with zero attached hydrogens (tertiary/aromatic N) is 8. The van der Waals surface area contributed by atoms with E-state index in [9.17, 15) is 24.0 Å². The summed E-state index contributed by atoms with van der Waals surface area (Å²) in [6.45, 7) is 7.66. The molecule has 10 rings (SSSR count). The predicted molar refractivity (Wildman–Crippen MR) is 225 cm³/mol. The molecule has 0 aliphatic carbocycles. The first-order valence-electron chi connectivity index (χ1n) is 21.3. The predicted octanol–water partition coefficient (Wildman–Crippen LogP) is 4.42. The van der Waals surface area contributed by atoms with Crippen molar-refractivity contribution in [3.05, 3.63) is 82.7 Å². The molecule has 5 amide bonds. The minimum Gasteiger partial charge on any atom is -0.477 e. The van der Waals surface area contributed by atoms with Gasteiger partial charge in [0.25, 0.3) is 11.8 Å². The first kappa shape index (κ1) is 40.4. The van der Waals surface area contributed by atoms with E-state index in [1.54, 1.807) is 49.8 Å². The fourth-order valence-electron chi connectivity index (χ4n) is 9.79. The summed E-state index contributed by atoms with van der Waals surface area (Å²) in [5.41, 5.74) is 3.99. The van der Waals surface area contributed by atoms with E-state index in [-0.39, 0.29) is 53.4 Å². The van der Waals surface area contributed by atoms with Gasteiger partial charge in [0, 0.05) is 92.8 Å². The van der Waals surface area contributed by atoms with Gasteiger partial charge >= 0.3 is 0 Å². The lowest BCUT2D eigenvalue weighted by Crippen LogP contribution is -2.75. The van der Waals surface area contributed by atoms with Crippen molar-refractivity contribution >= 4 is 52.2 Å². The van der Waals surface area contributed by atoms with Crippen LogP contribution < -0.4 is 20.3 Å². The van der Waals surface area contributed by atoms with Crippen molar-refractivity contribution < 1.29 is 37.5 Å². The van der Waals surface area contributed by atoms with Crippen LogP contribution in [-0.2, 0) is 28.0 Å². The number of aromatic nitrogens is 5. The molecule has 326 valence electrons. The highest BCUT2D eigenvalue weighted by molar-refractivity contribution is 6.05. The zero-order valence-electron chi connectivity index (χ0n) is 35.1. The molecular formula is C45H46F2N10O6. The van der Waals surface area contributed by atoms with Crippen LogP contribution >= 0.6 is 0 Å². The molecule has 5 aliphatic rings. The second-order valence-electron chi connectivity index (χ2n) is 18.0. The summed E-state index contributed by atoms with van der Waals surface area (Å²) in [5.74, 6) is -3.65. The number of nitrogens with one attached hydrogen (secondary N) is 2. The Bertz CT molecular complexity index is 2720. The Hall–Kier alpha value is -6.72. The maximum atomic E-state index is 15.1.